The van der Waals surface area contributed by atoms with Crippen LogP contribution < -0.4 is 16.0 Å². The van der Waals surface area contributed by atoms with E-state index in [1.165, 1.54) is 6.92 Å². The highest BCUT2D eigenvalue weighted by Gasteiger charge is 2.30. The number of carbonyl (C=O) groups is 4. The Morgan fingerprint density at radius 3 is 2.54 bits per heavy atom. The van der Waals surface area contributed by atoms with Crippen molar-refractivity contribution in [2.45, 2.75) is 31.9 Å². The maximum atomic E-state index is 11.9. The summed E-state index contributed by atoms with van der Waals surface area (Å²) in [7, 11) is 0. The lowest BCUT2D eigenvalue weighted by Crippen LogP contribution is -2.32. The summed E-state index contributed by atoms with van der Waals surface area (Å²) in [6, 6.07) is 5.13. The number of nitrogens with one attached hydrogen (secondary N) is 3. The minimum absolute atomic E-state index is 0.0991. The Hall–Kier alpha value is -2.61. The minimum atomic E-state index is -1.000. The van der Waals surface area contributed by atoms with Crippen molar-refractivity contribution in [3.63, 3.8) is 0 Å². The molecule has 4 amide bonds. The number of anilines is 1. The van der Waals surface area contributed by atoms with Crippen LogP contribution in [0.2, 0.25) is 5.02 Å². The van der Waals surface area contributed by atoms with E-state index >= 15 is 0 Å². The molecule has 0 bridgehead atoms. The fourth-order valence-corrected chi connectivity index (χ4v) is 2.14. The molecule has 0 aromatic heterocycles. The highest BCUT2D eigenvalue weighted by atomic mass is 35.5. The third-order valence-electron chi connectivity index (χ3n) is 3.28. The van der Waals surface area contributed by atoms with Gasteiger partial charge in [0.25, 0.3) is 11.8 Å². The summed E-state index contributed by atoms with van der Waals surface area (Å²) >= 11 is 5.75. The standard InChI is InChI=1S/C15H16ClN3O5/c1-8(13(21)17-10-4-2-9(16)3-5-10)24-12(20)7-6-11-14(22)19-15(23)18-11/h2-5,8,11H,6-7H2,1H3,(H,17,21)(H2,18,19,22,23)/t8-,11-/m1/s1. The van der Waals surface area contributed by atoms with Crippen molar-refractivity contribution in [1.82, 2.24) is 10.6 Å². The summed E-state index contributed by atoms with van der Waals surface area (Å²) in [5, 5.41) is 7.57. The van der Waals surface area contributed by atoms with Crippen LogP contribution >= 0.6 is 11.6 Å². The summed E-state index contributed by atoms with van der Waals surface area (Å²) in [5.74, 6) is -1.61. The normalized spacial score (nSPS) is 17.7. The van der Waals surface area contributed by atoms with Crippen LogP contribution in [0.5, 0.6) is 0 Å². The largest absolute Gasteiger partial charge is 0.453 e. The molecule has 9 heteroatoms. The molecule has 1 aliphatic heterocycles. The average molecular weight is 354 g/mol. The maximum Gasteiger partial charge on any atom is 0.322 e. The second kappa shape index (κ2) is 7.78. The Bertz CT molecular complexity index is 662. The van der Waals surface area contributed by atoms with Crippen LogP contribution in [-0.2, 0) is 19.1 Å². The Kier molecular flexibility index (Phi) is 5.75. The molecule has 0 spiro atoms. The fraction of sp³-hybridized carbons (Fsp3) is 0.333. The second-order valence-corrected chi connectivity index (χ2v) is 5.62. The van der Waals surface area contributed by atoms with Crippen LogP contribution in [0.4, 0.5) is 10.5 Å². The Labute approximate surface area is 142 Å². The van der Waals surface area contributed by atoms with Gasteiger partial charge in [-0.1, -0.05) is 11.6 Å². The Morgan fingerprint density at radius 1 is 1.29 bits per heavy atom. The summed E-state index contributed by atoms with van der Waals surface area (Å²) in [5.41, 5.74) is 0.526. The number of rotatable bonds is 6. The van der Waals surface area contributed by atoms with E-state index < -0.39 is 36.0 Å². The molecule has 1 fully saturated rings. The number of hydrogen-bond acceptors (Lipinski definition) is 5. The predicted octanol–water partition coefficient (Wildman–Crippen LogP) is 1.20. The monoisotopic (exact) mass is 353 g/mol. The van der Waals surface area contributed by atoms with Crippen LogP contribution in [0, 0.1) is 0 Å². The molecular weight excluding hydrogens is 338 g/mol. The molecule has 128 valence electrons. The van der Waals surface area contributed by atoms with Crippen molar-refractivity contribution in [3.8, 4) is 0 Å². The number of hydrogen-bond donors (Lipinski definition) is 3. The van der Waals surface area contributed by atoms with Crippen molar-refractivity contribution in [2.75, 3.05) is 5.32 Å². The van der Waals surface area contributed by atoms with Gasteiger partial charge < -0.3 is 15.4 Å². The van der Waals surface area contributed by atoms with E-state index in [4.69, 9.17) is 16.3 Å². The van der Waals surface area contributed by atoms with Gasteiger partial charge in [0.1, 0.15) is 6.04 Å². The number of urea groups is 1. The van der Waals surface area contributed by atoms with Gasteiger partial charge in [-0.05, 0) is 37.6 Å². The van der Waals surface area contributed by atoms with Crippen LogP contribution in [0.3, 0.4) is 0 Å². The predicted molar refractivity (Wildman–Crippen MR) is 85.3 cm³/mol. The van der Waals surface area contributed by atoms with Gasteiger partial charge in [-0.15, -0.1) is 0 Å². The Morgan fingerprint density at radius 2 is 1.96 bits per heavy atom. The number of halogens is 1. The SMILES string of the molecule is C[C@@H](OC(=O)CC[C@H]1NC(=O)NC1=O)C(=O)Nc1ccc(Cl)cc1. The summed E-state index contributed by atoms with van der Waals surface area (Å²) in [6.45, 7) is 1.44. The molecule has 0 unspecified atom stereocenters. The van der Waals surface area contributed by atoms with Crippen molar-refractivity contribution in [3.05, 3.63) is 29.3 Å². The molecule has 0 saturated carbocycles. The highest BCUT2D eigenvalue weighted by molar-refractivity contribution is 6.30. The first-order chi connectivity index (χ1) is 11.3. The quantitative estimate of drug-likeness (QED) is 0.525. The van der Waals surface area contributed by atoms with Gasteiger partial charge in [-0.2, -0.15) is 0 Å². The molecule has 1 aromatic rings. The molecule has 3 N–H and O–H groups in total. The van der Waals surface area contributed by atoms with Crippen molar-refractivity contribution in [2.24, 2.45) is 0 Å². The molecule has 2 atom stereocenters. The highest BCUT2D eigenvalue weighted by Crippen LogP contribution is 2.14. The van der Waals surface area contributed by atoms with Crippen LogP contribution in [-0.4, -0.2) is 36.0 Å². The smallest absolute Gasteiger partial charge is 0.322 e. The molecule has 0 radical (unpaired) electrons. The van der Waals surface area contributed by atoms with E-state index in [1.54, 1.807) is 24.3 Å². The van der Waals surface area contributed by atoms with Gasteiger partial charge in [0.2, 0.25) is 0 Å². The van der Waals surface area contributed by atoms with Gasteiger partial charge in [0, 0.05) is 17.1 Å². The van der Waals surface area contributed by atoms with Gasteiger partial charge in [0.05, 0.1) is 0 Å². The zero-order chi connectivity index (χ0) is 17.7. The third-order valence-corrected chi connectivity index (χ3v) is 3.54. The summed E-state index contributed by atoms with van der Waals surface area (Å²) in [6.07, 6.45) is -1.00. The minimum Gasteiger partial charge on any atom is -0.453 e. The first kappa shape index (κ1) is 17.7. The molecule has 0 aliphatic carbocycles. The molecule has 8 nitrogen and oxygen atoms in total. The van der Waals surface area contributed by atoms with Crippen LogP contribution in [0.15, 0.2) is 24.3 Å². The first-order valence-corrected chi connectivity index (χ1v) is 7.60. The summed E-state index contributed by atoms with van der Waals surface area (Å²) in [4.78, 5) is 46.0. The molecule has 1 aromatic carbocycles. The lowest BCUT2D eigenvalue weighted by Gasteiger charge is -2.14. The second-order valence-electron chi connectivity index (χ2n) is 5.18. The van der Waals surface area contributed by atoms with Crippen LogP contribution in [0.1, 0.15) is 19.8 Å². The molecule has 1 heterocycles. The number of ether oxygens (including phenoxy) is 1. The van der Waals surface area contributed by atoms with Crippen molar-refractivity contribution < 1.29 is 23.9 Å². The van der Waals surface area contributed by atoms with Gasteiger partial charge in [-0.3, -0.25) is 19.7 Å². The van der Waals surface area contributed by atoms with E-state index in [-0.39, 0.29) is 12.8 Å². The van der Waals surface area contributed by atoms with Crippen LogP contribution in [0.25, 0.3) is 0 Å². The molecular formula is C15H16ClN3O5. The number of benzene rings is 1. The zero-order valence-corrected chi connectivity index (χ0v) is 13.6. The first-order valence-electron chi connectivity index (χ1n) is 7.22. The number of imide groups is 1. The van der Waals surface area contributed by atoms with E-state index in [1.807, 2.05) is 0 Å². The zero-order valence-electron chi connectivity index (χ0n) is 12.8. The maximum absolute atomic E-state index is 11.9. The molecule has 24 heavy (non-hydrogen) atoms. The van der Waals surface area contributed by atoms with E-state index in [0.29, 0.717) is 10.7 Å². The molecule has 1 aliphatic rings. The van der Waals surface area contributed by atoms with Gasteiger partial charge in [-0.25, -0.2) is 4.79 Å². The van der Waals surface area contributed by atoms with E-state index in [2.05, 4.69) is 16.0 Å². The van der Waals surface area contributed by atoms with Gasteiger partial charge >= 0.3 is 12.0 Å². The third kappa shape index (κ3) is 4.95. The molecule has 2 rings (SSSR count). The topological polar surface area (TPSA) is 114 Å². The molecule has 1 saturated heterocycles. The summed E-state index contributed by atoms with van der Waals surface area (Å²) < 4.78 is 5.01. The van der Waals surface area contributed by atoms with E-state index in [0.717, 1.165) is 0 Å². The lowest BCUT2D eigenvalue weighted by molar-refractivity contribution is -0.153. The van der Waals surface area contributed by atoms with E-state index in [9.17, 15) is 19.2 Å². The van der Waals surface area contributed by atoms with Crippen molar-refractivity contribution >= 4 is 41.1 Å². The average Bonchev–Trinajstić information content (AvgIpc) is 2.85. The number of amides is 4. The van der Waals surface area contributed by atoms with Gasteiger partial charge in [0.15, 0.2) is 6.10 Å². The fourth-order valence-electron chi connectivity index (χ4n) is 2.01. The van der Waals surface area contributed by atoms with Crippen molar-refractivity contribution in [1.29, 1.82) is 0 Å². The lowest BCUT2D eigenvalue weighted by atomic mass is 10.1. The number of esters is 1. The number of carbonyl (C=O) groups excluding carboxylic acids is 4. The Balaban J connectivity index is 1.76.